The molecule has 0 radical (unpaired) electrons. The van der Waals surface area contributed by atoms with E-state index in [0.717, 1.165) is 67.9 Å². The predicted molar refractivity (Wildman–Crippen MR) is 186 cm³/mol. The van der Waals surface area contributed by atoms with Crippen molar-refractivity contribution in [3.63, 3.8) is 0 Å². The number of benzene rings is 2. The Kier molecular flexibility index (Phi) is 13.7. The van der Waals surface area contributed by atoms with Crippen molar-refractivity contribution in [3.05, 3.63) is 58.7 Å². The molecule has 2 heterocycles. The minimum atomic E-state index is -1.20. The summed E-state index contributed by atoms with van der Waals surface area (Å²) in [6, 6.07) is 11.0. The van der Waals surface area contributed by atoms with Crippen LogP contribution in [0.4, 0.5) is 5.69 Å². The molecule has 50 heavy (non-hydrogen) atoms. The molecule has 3 fully saturated rings. The number of methoxy groups -OCH3 is 1. The summed E-state index contributed by atoms with van der Waals surface area (Å²) in [5.74, 6) is 0.594. The minimum absolute atomic E-state index is 0.0907. The van der Waals surface area contributed by atoms with Gasteiger partial charge in [-0.2, -0.15) is 0 Å². The maximum atomic E-state index is 13.2. The highest BCUT2D eigenvalue weighted by molar-refractivity contribution is 5.98. The molecule has 1 saturated carbocycles. The molecule has 2 aromatic rings. The standard InChI is InChI=1S/C35H48N4O8.CH3NO/c1-3-47-30-17-29(33(45)46-2)28(24-4-5-24)16-26(30)19-38-14-10-34(11-15-38)18-31(43)39(20-34)27-8-6-25(7-9-27)32(44)36-12-13-37-35(21-40,22-41)23-42;2-1-3/h6-9,16-17,24,37,40-42H,3-5,10-15,18-23H2,1-2H3,(H,36,44);1H,(H2,2,3). The number of nitrogens with two attached hydrogens (primary N) is 1. The molecule has 1 spiro atoms. The molecule has 0 aromatic heterocycles. The van der Waals surface area contributed by atoms with E-state index in [9.17, 15) is 29.7 Å². The van der Waals surface area contributed by atoms with Crippen molar-refractivity contribution in [1.29, 1.82) is 0 Å². The number of esters is 1. The van der Waals surface area contributed by atoms with Crippen LogP contribution >= 0.6 is 0 Å². The minimum Gasteiger partial charge on any atom is -0.494 e. The van der Waals surface area contributed by atoms with Gasteiger partial charge in [0, 0.05) is 49.4 Å². The number of ether oxygens (including phenoxy) is 2. The zero-order valence-corrected chi connectivity index (χ0v) is 29.0. The van der Waals surface area contributed by atoms with Crippen LogP contribution in [-0.4, -0.2) is 116 Å². The van der Waals surface area contributed by atoms with Crippen LogP contribution in [0.25, 0.3) is 0 Å². The number of carbonyl (C=O) groups is 4. The molecular formula is C36H51N5O9. The Bertz CT molecular complexity index is 1460. The molecule has 0 atom stereocenters. The second-order valence-electron chi connectivity index (χ2n) is 13.3. The van der Waals surface area contributed by atoms with Crippen molar-refractivity contribution in [2.75, 3.05) is 71.2 Å². The van der Waals surface area contributed by atoms with E-state index < -0.39 is 25.4 Å². The quantitative estimate of drug-likeness (QED) is 0.0877. The fraction of sp³-hybridized carbons (Fsp3) is 0.556. The van der Waals surface area contributed by atoms with Crippen LogP contribution in [0.2, 0.25) is 0 Å². The summed E-state index contributed by atoms with van der Waals surface area (Å²) in [6.07, 6.45) is 4.69. The first-order chi connectivity index (χ1) is 24.1. The van der Waals surface area contributed by atoms with Crippen LogP contribution in [0, 0.1) is 5.41 Å². The molecule has 2 aromatic carbocycles. The first-order valence-corrected chi connectivity index (χ1v) is 17.1. The van der Waals surface area contributed by atoms with Crippen LogP contribution in [0.1, 0.15) is 76.8 Å². The molecular weight excluding hydrogens is 646 g/mol. The number of nitrogens with zero attached hydrogens (tertiary/aromatic N) is 2. The van der Waals surface area contributed by atoms with Gasteiger partial charge in [0.2, 0.25) is 12.3 Å². The van der Waals surface area contributed by atoms with Crippen molar-refractivity contribution >= 4 is 29.9 Å². The number of aliphatic hydroxyl groups excluding tert-OH is 3. The average molecular weight is 698 g/mol. The van der Waals surface area contributed by atoms with Gasteiger partial charge in [0.25, 0.3) is 5.91 Å². The average Bonchev–Trinajstić information content (AvgIpc) is 3.93. The number of primary amides is 1. The molecule has 7 N–H and O–H groups in total. The van der Waals surface area contributed by atoms with Gasteiger partial charge in [-0.1, -0.05) is 0 Å². The van der Waals surface area contributed by atoms with Crippen LogP contribution < -0.4 is 26.0 Å². The highest BCUT2D eigenvalue weighted by Gasteiger charge is 2.45. The van der Waals surface area contributed by atoms with E-state index in [1.165, 1.54) is 7.11 Å². The Labute approximate surface area is 292 Å². The number of aliphatic hydroxyl groups is 3. The SMILES string of the molecule is CCOc1cc(C(=O)OC)c(C2CC2)cc1CN1CCC2(CC1)CC(=O)N(c1ccc(C(=O)NCCNC(CO)(CO)CO)cc1)C2.NC=O. The number of anilines is 1. The van der Waals surface area contributed by atoms with Crippen LogP contribution in [-0.2, 0) is 20.9 Å². The Morgan fingerprint density at radius 3 is 2.26 bits per heavy atom. The summed E-state index contributed by atoms with van der Waals surface area (Å²) < 4.78 is 11.0. The molecule has 3 amide bonds. The Morgan fingerprint density at radius 1 is 1.06 bits per heavy atom. The third kappa shape index (κ3) is 9.37. The maximum absolute atomic E-state index is 13.2. The second kappa shape index (κ2) is 17.7. The van der Waals surface area contributed by atoms with Gasteiger partial charge in [-0.05, 0) is 99.0 Å². The third-order valence-corrected chi connectivity index (χ3v) is 9.85. The number of rotatable bonds is 15. The van der Waals surface area contributed by atoms with Crippen molar-refractivity contribution in [1.82, 2.24) is 15.5 Å². The molecule has 2 aliphatic heterocycles. The van der Waals surface area contributed by atoms with Gasteiger partial charge in [0.05, 0.1) is 44.6 Å². The van der Waals surface area contributed by atoms with Gasteiger partial charge in [-0.3, -0.25) is 19.3 Å². The number of amides is 3. The number of nitrogens with one attached hydrogen (secondary N) is 2. The highest BCUT2D eigenvalue weighted by Crippen LogP contribution is 2.45. The molecule has 0 bridgehead atoms. The predicted octanol–water partition coefficient (Wildman–Crippen LogP) is 0.905. The lowest BCUT2D eigenvalue weighted by Gasteiger charge is -2.39. The molecule has 274 valence electrons. The van der Waals surface area contributed by atoms with Crippen LogP contribution in [0.15, 0.2) is 36.4 Å². The lowest BCUT2D eigenvalue weighted by Crippen LogP contribution is -2.56. The first kappa shape index (κ1) is 38.7. The van der Waals surface area contributed by atoms with Gasteiger partial charge in [-0.25, -0.2) is 4.79 Å². The van der Waals surface area contributed by atoms with Gasteiger partial charge in [0.15, 0.2) is 0 Å². The fourth-order valence-corrected chi connectivity index (χ4v) is 6.68. The van der Waals surface area contributed by atoms with Gasteiger partial charge in [-0.15, -0.1) is 0 Å². The number of likely N-dealkylation sites (tertiary alicyclic amines) is 1. The van der Waals surface area contributed by atoms with Gasteiger partial charge >= 0.3 is 5.97 Å². The summed E-state index contributed by atoms with van der Waals surface area (Å²) in [5, 5.41) is 33.9. The molecule has 0 unspecified atom stereocenters. The number of hydrogen-bond acceptors (Lipinski definition) is 11. The third-order valence-electron chi connectivity index (χ3n) is 9.85. The normalized spacial score (nSPS) is 17.2. The zero-order valence-electron chi connectivity index (χ0n) is 29.0. The Balaban J connectivity index is 0.00000181. The van der Waals surface area contributed by atoms with E-state index in [-0.39, 0.29) is 42.7 Å². The summed E-state index contributed by atoms with van der Waals surface area (Å²) in [5.41, 5.74) is 6.82. The topological polar surface area (TPSA) is 204 Å². The number of carbonyl (C=O) groups excluding carboxylic acids is 4. The summed E-state index contributed by atoms with van der Waals surface area (Å²) in [7, 11) is 1.41. The molecule has 14 nitrogen and oxygen atoms in total. The number of hydrogen-bond donors (Lipinski definition) is 6. The fourth-order valence-electron chi connectivity index (χ4n) is 6.68. The van der Waals surface area contributed by atoms with Crippen LogP contribution in [0.3, 0.4) is 0 Å². The van der Waals surface area contributed by atoms with E-state index in [0.29, 0.717) is 36.6 Å². The van der Waals surface area contributed by atoms with Crippen LogP contribution in [0.5, 0.6) is 5.75 Å². The van der Waals surface area contributed by atoms with E-state index in [4.69, 9.17) is 14.3 Å². The lowest BCUT2D eigenvalue weighted by atomic mass is 9.77. The maximum Gasteiger partial charge on any atom is 0.338 e. The number of piperidine rings is 1. The van der Waals surface area contributed by atoms with Crippen molar-refractivity contribution in [2.45, 2.75) is 57.0 Å². The largest absolute Gasteiger partial charge is 0.494 e. The second-order valence-corrected chi connectivity index (χ2v) is 13.3. The van der Waals surface area contributed by atoms with E-state index in [2.05, 4.69) is 27.3 Å². The zero-order chi connectivity index (χ0) is 36.3. The van der Waals surface area contributed by atoms with Crippen molar-refractivity contribution in [2.24, 2.45) is 11.1 Å². The van der Waals surface area contributed by atoms with E-state index in [1.807, 2.05) is 17.9 Å². The van der Waals surface area contributed by atoms with Crippen molar-refractivity contribution in [3.8, 4) is 5.75 Å². The lowest BCUT2D eigenvalue weighted by molar-refractivity contribution is -0.118. The first-order valence-electron chi connectivity index (χ1n) is 17.1. The molecule has 14 heteroatoms. The van der Waals surface area contributed by atoms with Crippen molar-refractivity contribution < 1.29 is 44.0 Å². The summed E-state index contributed by atoms with van der Waals surface area (Å²) in [4.78, 5) is 51.2. The molecule has 2 saturated heterocycles. The summed E-state index contributed by atoms with van der Waals surface area (Å²) in [6.45, 7) is 4.70. The van der Waals surface area contributed by atoms with E-state index in [1.54, 1.807) is 24.3 Å². The Hall–Kier alpha value is -4.08. The highest BCUT2D eigenvalue weighted by atomic mass is 16.5. The molecule has 3 aliphatic rings. The molecule has 5 rings (SSSR count). The van der Waals surface area contributed by atoms with Gasteiger partial charge in [0.1, 0.15) is 5.75 Å². The molecule has 1 aliphatic carbocycles. The van der Waals surface area contributed by atoms with Gasteiger partial charge < -0.3 is 46.1 Å². The van der Waals surface area contributed by atoms with E-state index >= 15 is 0 Å². The Morgan fingerprint density at radius 2 is 1.70 bits per heavy atom. The smallest absolute Gasteiger partial charge is 0.338 e. The monoisotopic (exact) mass is 697 g/mol. The summed E-state index contributed by atoms with van der Waals surface area (Å²) >= 11 is 0.